The lowest BCUT2D eigenvalue weighted by atomic mass is 9.79. The van der Waals surface area contributed by atoms with Crippen LogP contribution in [0.5, 0.6) is 0 Å². The molecule has 1 amide bonds. The summed E-state index contributed by atoms with van der Waals surface area (Å²) in [6.45, 7) is 3.76. The predicted octanol–water partition coefficient (Wildman–Crippen LogP) is -0.119. The summed E-state index contributed by atoms with van der Waals surface area (Å²) >= 11 is 0. The molecule has 0 aromatic heterocycles. The minimum atomic E-state index is -0.437. The van der Waals surface area contributed by atoms with Crippen LogP contribution in [-0.2, 0) is 9.53 Å². The first-order valence-electron chi connectivity index (χ1n) is 5.21. The maximum Gasteiger partial charge on any atom is 0.228 e. The van der Waals surface area contributed by atoms with Crippen LogP contribution in [-0.4, -0.2) is 32.2 Å². The number of carbonyl (C=O) groups excluding carboxylic acids is 1. The molecule has 1 rings (SSSR count). The summed E-state index contributed by atoms with van der Waals surface area (Å²) in [5.41, 5.74) is 5.25. The standard InChI is InChI=1S/C11H18N2O2/c1-2-3-6-13-10(14)11(9-12)4-7-15-8-5-11/h4-9,12H2,1H3,(H,13,14). The summed E-state index contributed by atoms with van der Waals surface area (Å²) in [4.78, 5) is 11.9. The second-order valence-electron chi connectivity index (χ2n) is 3.71. The van der Waals surface area contributed by atoms with Crippen LogP contribution >= 0.6 is 0 Å². The van der Waals surface area contributed by atoms with Crippen LogP contribution in [0.25, 0.3) is 0 Å². The number of hydrogen-bond acceptors (Lipinski definition) is 3. The lowest BCUT2D eigenvalue weighted by molar-refractivity contribution is -0.135. The van der Waals surface area contributed by atoms with Gasteiger partial charge in [-0.2, -0.15) is 0 Å². The van der Waals surface area contributed by atoms with Gasteiger partial charge in [0.05, 0.1) is 12.0 Å². The molecule has 0 radical (unpaired) electrons. The number of ether oxygens (including phenoxy) is 1. The van der Waals surface area contributed by atoms with Gasteiger partial charge < -0.3 is 15.8 Å². The predicted molar refractivity (Wildman–Crippen MR) is 58.0 cm³/mol. The van der Waals surface area contributed by atoms with Gasteiger partial charge in [-0.15, -0.1) is 5.92 Å². The van der Waals surface area contributed by atoms with Gasteiger partial charge >= 0.3 is 0 Å². The highest BCUT2D eigenvalue weighted by Gasteiger charge is 2.38. The van der Waals surface area contributed by atoms with E-state index in [1.165, 1.54) is 0 Å². The molecule has 0 unspecified atom stereocenters. The molecule has 15 heavy (non-hydrogen) atoms. The largest absolute Gasteiger partial charge is 0.381 e. The normalized spacial score (nSPS) is 18.8. The lowest BCUT2D eigenvalue weighted by Gasteiger charge is -2.34. The topological polar surface area (TPSA) is 64.4 Å². The van der Waals surface area contributed by atoms with E-state index in [9.17, 15) is 4.79 Å². The summed E-state index contributed by atoms with van der Waals surface area (Å²) in [5.74, 6) is 5.55. The highest BCUT2D eigenvalue weighted by Crippen LogP contribution is 2.29. The Balaban J connectivity index is 2.54. The monoisotopic (exact) mass is 210 g/mol. The van der Waals surface area contributed by atoms with E-state index >= 15 is 0 Å². The summed E-state index contributed by atoms with van der Waals surface area (Å²) in [7, 11) is 0. The summed E-state index contributed by atoms with van der Waals surface area (Å²) in [5, 5.41) is 2.80. The number of nitrogens with two attached hydrogens (primary N) is 1. The molecule has 1 aliphatic rings. The first-order valence-corrected chi connectivity index (χ1v) is 5.21. The third-order valence-corrected chi connectivity index (χ3v) is 2.84. The lowest BCUT2D eigenvalue weighted by Crippen LogP contribution is -2.49. The summed E-state index contributed by atoms with van der Waals surface area (Å²) < 4.78 is 5.24. The number of amides is 1. The summed E-state index contributed by atoms with van der Waals surface area (Å²) in [6, 6.07) is 0. The molecule has 0 aromatic carbocycles. The van der Waals surface area contributed by atoms with Gasteiger partial charge in [-0.25, -0.2) is 0 Å². The Morgan fingerprint density at radius 2 is 2.20 bits per heavy atom. The van der Waals surface area contributed by atoms with Crippen molar-refractivity contribution < 1.29 is 9.53 Å². The van der Waals surface area contributed by atoms with Crippen molar-refractivity contribution >= 4 is 5.91 Å². The van der Waals surface area contributed by atoms with Crippen molar-refractivity contribution in [3.8, 4) is 11.8 Å². The Bertz CT molecular complexity index is 272. The molecular formula is C11H18N2O2. The average molecular weight is 210 g/mol. The molecule has 0 bridgehead atoms. The first kappa shape index (κ1) is 12.0. The number of nitrogens with one attached hydrogen (secondary N) is 1. The minimum absolute atomic E-state index is 0.0102. The average Bonchev–Trinajstić information content (AvgIpc) is 2.30. The van der Waals surface area contributed by atoms with Crippen LogP contribution in [0.4, 0.5) is 0 Å². The number of carbonyl (C=O) groups is 1. The molecule has 0 saturated carbocycles. The van der Waals surface area contributed by atoms with Crippen molar-refractivity contribution in [3.63, 3.8) is 0 Å². The van der Waals surface area contributed by atoms with Gasteiger partial charge in [0.15, 0.2) is 0 Å². The molecule has 1 heterocycles. The van der Waals surface area contributed by atoms with Crippen molar-refractivity contribution in [1.82, 2.24) is 5.32 Å². The Hall–Kier alpha value is -1.05. The van der Waals surface area contributed by atoms with E-state index in [0.717, 1.165) is 0 Å². The molecular weight excluding hydrogens is 192 g/mol. The van der Waals surface area contributed by atoms with E-state index in [2.05, 4.69) is 17.2 Å². The fourth-order valence-electron chi connectivity index (χ4n) is 1.69. The van der Waals surface area contributed by atoms with Gasteiger partial charge in [-0.3, -0.25) is 4.79 Å². The van der Waals surface area contributed by atoms with Gasteiger partial charge in [0.2, 0.25) is 5.91 Å². The highest BCUT2D eigenvalue weighted by atomic mass is 16.5. The molecule has 84 valence electrons. The third kappa shape index (κ3) is 2.95. The Kier molecular flexibility index (Phi) is 4.60. The number of hydrogen-bond donors (Lipinski definition) is 2. The maximum atomic E-state index is 11.9. The Labute approximate surface area is 90.5 Å². The van der Waals surface area contributed by atoms with Crippen LogP contribution in [0.15, 0.2) is 0 Å². The Morgan fingerprint density at radius 1 is 1.53 bits per heavy atom. The second kappa shape index (κ2) is 5.74. The summed E-state index contributed by atoms with van der Waals surface area (Å²) in [6.07, 6.45) is 1.41. The van der Waals surface area contributed by atoms with E-state index in [-0.39, 0.29) is 5.91 Å². The van der Waals surface area contributed by atoms with Crippen LogP contribution in [0.3, 0.4) is 0 Å². The van der Waals surface area contributed by atoms with Crippen molar-refractivity contribution in [2.75, 3.05) is 26.3 Å². The van der Waals surface area contributed by atoms with E-state index in [1.54, 1.807) is 6.92 Å². The zero-order valence-corrected chi connectivity index (χ0v) is 9.14. The Morgan fingerprint density at radius 3 is 2.73 bits per heavy atom. The van der Waals surface area contributed by atoms with E-state index < -0.39 is 5.41 Å². The minimum Gasteiger partial charge on any atom is -0.381 e. The van der Waals surface area contributed by atoms with Crippen LogP contribution < -0.4 is 11.1 Å². The van der Waals surface area contributed by atoms with Crippen LogP contribution in [0.1, 0.15) is 19.8 Å². The van der Waals surface area contributed by atoms with E-state index in [1.807, 2.05) is 0 Å². The van der Waals surface area contributed by atoms with E-state index in [0.29, 0.717) is 39.1 Å². The first-order chi connectivity index (χ1) is 7.25. The smallest absolute Gasteiger partial charge is 0.228 e. The molecule has 1 aliphatic heterocycles. The van der Waals surface area contributed by atoms with Crippen molar-refractivity contribution in [3.05, 3.63) is 0 Å². The SMILES string of the molecule is CC#CCNC(=O)C1(CN)CCOCC1. The van der Waals surface area contributed by atoms with Gasteiger partial charge in [0.25, 0.3) is 0 Å². The van der Waals surface area contributed by atoms with Gasteiger partial charge in [-0.1, -0.05) is 5.92 Å². The van der Waals surface area contributed by atoms with Gasteiger partial charge in [0, 0.05) is 19.8 Å². The number of rotatable bonds is 3. The zero-order chi connectivity index (χ0) is 11.1. The molecule has 4 nitrogen and oxygen atoms in total. The molecule has 3 N–H and O–H groups in total. The van der Waals surface area contributed by atoms with Crippen molar-refractivity contribution in [2.45, 2.75) is 19.8 Å². The molecule has 0 aromatic rings. The fourth-order valence-corrected chi connectivity index (χ4v) is 1.69. The van der Waals surface area contributed by atoms with Crippen LogP contribution in [0, 0.1) is 17.3 Å². The van der Waals surface area contributed by atoms with Gasteiger partial charge in [0.1, 0.15) is 0 Å². The van der Waals surface area contributed by atoms with Crippen molar-refractivity contribution in [1.29, 1.82) is 0 Å². The highest BCUT2D eigenvalue weighted by molar-refractivity contribution is 5.83. The van der Waals surface area contributed by atoms with E-state index in [4.69, 9.17) is 10.5 Å². The molecule has 1 saturated heterocycles. The second-order valence-corrected chi connectivity index (χ2v) is 3.71. The van der Waals surface area contributed by atoms with Crippen LogP contribution in [0.2, 0.25) is 0 Å². The molecule has 4 heteroatoms. The van der Waals surface area contributed by atoms with Gasteiger partial charge in [-0.05, 0) is 19.8 Å². The maximum absolute atomic E-state index is 11.9. The molecule has 1 fully saturated rings. The van der Waals surface area contributed by atoms with Crippen molar-refractivity contribution in [2.24, 2.45) is 11.1 Å². The zero-order valence-electron chi connectivity index (χ0n) is 9.14. The molecule has 0 aliphatic carbocycles. The molecule has 0 atom stereocenters. The fraction of sp³-hybridized carbons (Fsp3) is 0.727. The molecule has 0 spiro atoms. The quantitative estimate of drug-likeness (QED) is 0.638. The third-order valence-electron chi connectivity index (χ3n) is 2.84.